The van der Waals surface area contributed by atoms with E-state index in [0.717, 1.165) is 40.2 Å². The average molecular weight is 361 g/mol. The molecule has 4 nitrogen and oxygen atoms in total. The molecule has 1 aliphatic heterocycles. The van der Waals surface area contributed by atoms with Gasteiger partial charge in [-0.1, -0.05) is 36.4 Å². The minimum absolute atomic E-state index is 0.0108. The molecule has 2 heterocycles. The summed E-state index contributed by atoms with van der Waals surface area (Å²) < 4.78 is 0. The number of hydrogen-bond donors (Lipinski definition) is 2. The second-order valence-electron chi connectivity index (χ2n) is 8.99. The lowest BCUT2D eigenvalue weighted by molar-refractivity contribution is 0.0876. The van der Waals surface area contributed by atoms with E-state index in [0.29, 0.717) is 0 Å². The Balaban J connectivity index is 1.76. The lowest BCUT2D eigenvalue weighted by Gasteiger charge is -2.46. The van der Waals surface area contributed by atoms with E-state index in [1.54, 1.807) is 0 Å². The summed E-state index contributed by atoms with van der Waals surface area (Å²) in [6, 6.07) is 15.9. The Morgan fingerprint density at radius 1 is 0.926 bits per heavy atom. The van der Waals surface area contributed by atoms with Gasteiger partial charge in [0.25, 0.3) is 5.91 Å². The number of carbonyl (C=O) groups is 1. The predicted octanol–water partition coefficient (Wildman–Crippen LogP) is 4.43. The molecule has 0 atom stereocenters. The van der Waals surface area contributed by atoms with Gasteiger partial charge in [0.2, 0.25) is 0 Å². The standard InChI is InChI=1S/C23H27N3O/c1-22(2)13-15(14-23(3,4)26-22)24-21(27)20-16-9-5-7-11-18(16)25-19-12-8-6-10-17(19)20/h5-12,15,26H,13-14H2,1-4H3,(H,24,27). The van der Waals surface area contributed by atoms with Crippen LogP contribution in [0.25, 0.3) is 21.8 Å². The largest absolute Gasteiger partial charge is 0.349 e. The Bertz CT molecular complexity index is 952. The highest BCUT2D eigenvalue weighted by molar-refractivity contribution is 6.16. The summed E-state index contributed by atoms with van der Waals surface area (Å²) in [6.45, 7) is 8.79. The summed E-state index contributed by atoms with van der Waals surface area (Å²) in [5, 5.41) is 8.80. The fraction of sp³-hybridized carbons (Fsp3) is 0.391. The van der Waals surface area contributed by atoms with Gasteiger partial charge >= 0.3 is 0 Å². The van der Waals surface area contributed by atoms with Crippen LogP contribution in [0.15, 0.2) is 48.5 Å². The molecule has 0 saturated carbocycles. The number of rotatable bonds is 2. The van der Waals surface area contributed by atoms with Crippen molar-refractivity contribution in [3.05, 3.63) is 54.1 Å². The molecule has 0 spiro atoms. The number of benzene rings is 2. The summed E-state index contributed by atoms with van der Waals surface area (Å²) >= 11 is 0. The van der Waals surface area contributed by atoms with Crippen LogP contribution in [0, 0.1) is 0 Å². The van der Waals surface area contributed by atoms with Gasteiger partial charge in [0, 0.05) is 27.9 Å². The third kappa shape index (κ3) is 3.54. The van der Waals surface area contributed by atoms with Gasteiger partial charge in [0.15, 0.2) is 0 Å². The van der Waals surface area contributed by atoms with Crippen molar-refractivity contribution < 1.29 is 4.79 Å². The molecule has 27 heavy (non-hydrogen) atoms. The van der Waals surface area contributed by atoms with E-state index in [4.69, 9.17) is 4.98 Å². The van der Waals surface area contributed by atoms with Crippen molar-refractivity contribution in [2.24, 2.45) is 0 Å². The van der Waals surface area contributed by atoms with Gasteiger partial charge < -0.3 is 10.6 Å². The maximum absolute atomic E-state index is 13.4. The summed E-state index contributed by atoms with van der Waals surface area (Å²) in [4.78, 5) is 18.1. The molecule has 0 bridgehead atoms. The third-order valence-electron chi connectivity index (χ3n) is 5.34. The number of piperidine rings is 1. The third-order valence-corrected chi connectivity index (χ3v) is 5.34. The topological polar surface area (TPSA) is 54.0 Å². The predicted molar refractivity (Wildman–Crippen MR) is 111 cm³/mol. The highest BCUT2D eigenvalue weighted by Gasteiger charge is 2.38. The van der Waals surface area contributed by atoms with Crippen LogP contribution in [0.1, 0.15) is 50.9 Å². The summed E-state index contributed by atoms with van der Waals surface area (Å²) in [5.74, 6) is -0.0108. The molecule has 140 valence electrons. The molecule has 4 heteroatoms. The number of carbonyl (C=O) groups excluding carboxylic acids is 1. The van der Waals surface area contributed by atoms with Crippen molar-refractivity contribution in [3.63, 3.8) is 0 Å². The molecular weight excluding hydrogens is 334 g/mol. The van der Waals surface area contributed by atoms with Gasteiger partial charge in [-0.15, -0.1) is 0 Å². The maximum Gasteiger partial charge on any atom is 0.252 e. The Morgan fingerprint density at radius 3 is 1.93 bits per heavy atom. The van der Waals surface area contributed by atoms with Gasteiger partial charge in [-0.05, 0) is 52.7 Å². The molecule has 1 aromatic heterocycles. The quantitative estimate of drug-likeness (QED) is 0.664. The first-order chi connectivity index (χ1) is 12.7. The number of nitrogens with one attached hydrogen (secondary N) is 2. The van der Waals surface area contributed by atoms with E-state index < -0.39 is 0 Å². The Labute approximate surface area is 160 Å². The lowest BCUT2D eigenvalue weighted by Crippen LogP contribution is -2.62. The molecule has 1 saturated heterocycles. The number of pyridine rings is 1. The van der Waals surface area contributed by atoms with Crippen molar-refractivity contribution in [1.29, 1.82) is 0 Å². The number of para-hydroxylation sites is 2. The molecule has 4 rings (SSSR count). The van der Waals surface area contributed by atoms with Crippen LogP contribution in [0.5, 0.6) is 0 Å². The Kier molecular flexibility index (Phi) is 4.19. The Hall–Kier alpha value is -2.46. The van der Waals surface area contributed by atoms with Crippen LogP contribution < -0.4 is 10.6 Å². The summed E-state index contributed by atoms with van der Waals surface area (Å²) in [7, 11) is 0. The highest BCUT2D eigenvalue weighted by atomic mass is 16.1. The van der Waals surface area contributed by atoms with Crippen molar-refractivity contribution in [1.82, 2.24) is 15.6 Å². The fourth-order valence-corrected chi connectivity index (χ4v) is 4.77. The second-order valence-corrected chi connectivity index (χ2v) is 8.99. The number of nitrogens with zero attached hydrogens (tertiary/aromatic N) is 1. The van der Waals surface area contributed by atoms with Crippen molar-refractivity contribution >= 4 is 27.7 Å². The monoisotopic (exact) mass is 361 g/mol. The van der Waals surface area contributed by atoms with Crippen LogP contribution in [0.2, 0.25) is 0 Å². The molecule has 1 fully saturated rings. The van der Waals surface area contributed by atoms with Crippen LogP contribution in [0.3, 0.4) is 0 Å². The van der Waals surface area contributed by atoms with E-state index in [9.17, 15) is 4.79 Å². The first kappa shape index (κ1) is 17.9. The second kappa shape index (κ2) is 6.31. The van der Waals surface area contributed by atoms with E-state index in [2.05, 4.69) is 38.3 Å². The zero-order valence-electron chi connectivity index (χ0n) is 16.5. The zero-order chi connectivity index (χ0) is 19.2. The van der Waals surface area contributed by atoms with E-state index in [1.165, 1.54) is 0 Å². The Morgan fingerprint density at radius 2 is 1.41 bits per heavy atom. The van der Waals surface area contributed by atoms with Crippen LogP contribution in [-0.4, -0.2) is 28.0 Å². The molecule has 0 radical (unpaired) electrons. The number of fused-ring (bicyclic) bond motifs is 2. The molecule has 3 aromatic rings. The minimum atomic E-state index is -0.0118. The summed E-state index contributed by atoms with van der Waals surface area (Å²) in [5.41, 5.74) is 2.41. The zero-order valence-corrected chi connectivity index (χ0v) is 16.5. The van der Waals surface area contributed by atoms with Crippen molar-refractivity contribution in [2.45, 2.75) is 57.7 Å². The van der Waals surface area contributed by atoms with E-state index in [1.807, 2.05) is 48.5 Å². The first-order valence-electron chi connectivity index (χ1n) is 9.62. The molecule has 0 unspecified atom stereocenters. The lowest BCUT2D eigenvalue weighted by atomic mass is 9.79. The van der Waals surface area contributed by atoms with Gasteiger partial charge in [0.1, 0.15) is 0 Å². The van der Waals surface area contributed by atoms with Gasteiger partial charge in [0.05, 0.1) is 16.6 Å². The van der Waals surface area contributed by atoms with E-state index >= 15 is 0 Å². The van der Waals surface area contributed by atoms with Crippen molar-refractivity contribution in [2.75, 3.05) is 0 Å². The SMILES string of the molecule is CC1(C)CC(NC(=O)c2c3ccccc3nc3ccccc23)CC(C)(C)N1. The van der Waals surface area contributed by atoms with Crippen LogP contribution in [0.4, 0.5) is 0 Å². The van der Waals surface area contributed by atoms with E-state index in [-0.39, 0.29) is 23.0 Å². The highest BCUT2D eigenvalue weighted by Crippen LogP contribution is 2.30. The molecule has 2 N–H and O–H groups in total. The molecule has 1 amide bonds. The number of amides is 1. The smallest absolute Gasteiger partial charge is 0.252 e. The van der Waals surface area contributed by atoms with Gasteiger partial charge in [-0.25, -0.2) is 4.98 Å². The maximum atomic E-state index is 13.4. The van der Waals surface area contributed by atoms with Crippen LogP contribution in [-0.2, 0) is 0 Å². The van der Waals surface area contributed by atoms with Crippen molar-refractivity contribution in [3.8, 4) is 0 Å². The van der Waals surface area contributed by atoms with Gasteiger partial charge in [-0.3, -0.25) is 4.79 Å². The molecule has 1 aliphatic rings. The summed E-state index contributed by atoms with van der Waals surface area (Å²) in [6.07, 6.45) is 1.81. The van der Waals surface area contributed by atoms with Crippen LogP contribution >= 0.6 is 0 Å². The average Bonchev–Trinajstić information content (AvgIpc) is 2.56. The molecule has 2 aromatic carbocycles. The molecular formula is C23H27N3O. The number of aromatic nitrogens is 1. The molecule has 0 aliphatic carbocycles. The minimum Gasteiger partial charge on any atom is -0.349 e. The normalized spacial score (nSPS) is 19.3. The fourth-order valence-electron chi connectivity index (χ4n) is 4.77. The first-order valence-corrected chi connectivity index (χ1v) is 9.62. The number of hydrogen-bond acceptors (Lipinski definition) is 3. The van der Waals surface area contributed by atoms with Gasteiger partial charge in [-0.2, -0.15) is 0 Å².